The van der Waals surface area contributed by atoms with Crippen LogP contribution >= 0.6 is 11.5 Å². The van der Waals surface area contributed by atoms with Crippen molar-refractivity contribution < 1.29 is 4.42 Å². The topological polar surface area (TPSA) is 56.0 Å². The molecule has 84 valence electrons. The largest absolute Gasteiger partial charge is 0.414 e. The summed E-state index contributed by atoms with van der Waals surface area (Å²) in [7, 11) is 0. The molecule has 0 N–H and O–H groups in total. The molecule has 0 amide bonds. The fourth-order valence-corrected chi connectivity index (χ4v) is 2.19. The first-order valence-electron chi connectivity index (χ1n) is 5.07. The molecule has 0 aliphatic rings. The molecule has 5 heteroatoms. The normalized spacial score (nSPS) is 10.9. The van der Waals surface area contributed by atoms with Crippen molar-refractivity contribution in [2.45, 2.75) is 6.92 Å². The molecule has 0 aliphatic heterocycles. The first-order valence-corrected chi connectivity index (χ1v) is 5.84. The Bertz CT molecular complexity index is 745. The number of aromatic nitrogens is 2. The molecule has 0 atom stereocenters. The highest BCUT2D eigenvalue weighted by molar-refractivity contribution is 7.02. The number of fused-ring (bicyclic) bond motifs is 1. The molecular formula is C12H8N2O2S. The van der Waals surface area contributed by atoms with Crippen LogP contribution in [-0.4, -0.2) is 9.36 Å². The highest BCUT2D eigenvalue weighted by Crippen LogP contribution is 2.26. The summed E-state index contributed by atoms with van der Waals surface area (Å²) in [6.45, 7) is 2.00. The van der Waals surface area contributed by atoms with Gasteiger partial charge in [0.2, 0.25) is 0 Å². The maximum atomic E-state index is 11.0. The van der Waals surface area contributed by atoms with Gasteiger partial charge in [-0.25, -0.2) is 4.79 Å². The second-order valence-electron chi connectivity index (χ2n) is 3.68. The van der Waals surface area contributed by atoms with Crippen LogP contribution in [0.25, 0.3) is 22.4 Å². The van der Waals surface area contributed by atoms with Gasteiger partial charge in [0.25, 0.3) is 5.89 Å². The van der Waals surface area contributed by atoms with E-state index in [9.17, 15) is 4.79 Å². The number of nitrogens with zero attached hydrogens (tertiary/aromatic N) is 2. The van der Waals surface area contributed by atoms with Gasteiger partial charge in [-0.3, -0.25) is 4.98 Å². The molecule has 3 rings (SSSR count). The summed E-state index contributed by atoms with van der Waals surface area (Å²) in [5, 5.41) is 2.04. The summed E-state index contributed by atoms with van der Waals surface area (Å²) in [6.07, 6.45) is 1.76. The van der Waals surface area contributed by atoms with Crippen LogP contribution in [0, 0.1) is 6.92 Å². The predicted octanol–water partition coefficient (Wildman–Crippen LogP) is 2.62. The summed E-state index contributed by atoms with van der Waals surface area (Å²) in [4.78, 5) is 14.9. The van der Waals surface area contributed by atoms with Gasteiger partial charge in [0.1, 0.15) is 5.69 Å². The van der Waals surface area contributed by atoms with Crippen molar-refractivity contribution in [3.8, 4) is 11.6 Å². The molecule has 0 bridgehead atoms. The lowest BCUT2D eigenvalue weighted by Crippen LogP contribution is -1.89. The number of pyridine rings is 1. The Kier molecular flexibility index (Phi) is 2.26. The number of hydrogen-bond donors (Lipinski definition) is 0. The van der Waals surface area contributed by atoms with Gasteiger partial charge in [0.05, 0.1) is 11.5 Å². The average Bonchev–Trinajstić information content (AvgIpc) is 2.77. The second-order valence-corrected chi connectivity index (χ2v) is 4.37. The summed E-state index contributed by atoms with van der Waals surface area (Å²) >= 11 is 0.800. The smallest absolute Gasteiger partial charge is 0.392 e. The third kappa shape index (κ3) is 1.64. The van der Waals surface area contributed by atoms with Gasteiger partial charge in [-0.05, 0) is 17.9 Å². The van der Waals surface area contributed by atoms with Crippen LogP contribution in [-0.2, 0) is 0 Å². The molecule has 4 nitrogen and oxygen atoms in total. The highest BCUT2D eigenvalue weighted by atomic mass is 32.1. The monoisotopic (exact) mass is 244 g/mol. The second kappa shape index (κ2) is 3.78. The van der Waals surface area contributed by atoms with Crippen LogP contribution in [0.15, 0.2) is 39.7 Å². The third-order valence-corrected chi connectivity index (χ3v) is 3.07. The van der Waals surface area contributed by atoms with E-state index in [1.165, 1.54) is 0 Å². The van der Waals surface area contributed by atoms with E-state index in [1.54, 1.807) is 6.20 Å². The molecule has 0 fully saturated rings. The van der Waals surface area contributed by atoms with Crippen LogP contribution < -0.4 is 4.94 Å². The summed E-state index contributed by atoms with van der Waals surface area (Å²) < 4.78 is 8.97. The van der Waals surface area contributed by atoms with Crippen molar-refractivity contribution in [3.05, 3.63) is 45.8 Å². The Labute approximate surface area is 101 Å². The van der Waals surface area contributed by atoms with Gasteiger partial charge in [-0.15, -0.1) is 4.37 Å². The molecule has 0 saturated carbocycles. The van der Waals surface area contributed by atoms with Gasteiger partial charge in [-0.2, -0.15) is 0 Å². The lowest BCUT2D eigenvalue weighted by Gasteiger charge is -2.04. The van der Waals surface area contributed by atoms with Crippen LogP contribution in [0.4, 0.5) is 0 Å². The van der Waals surface area contributed by atoms with Crippen LogP contribution in [0.5, 0.6) is 0 Å². The SMILES string of the molecule is Cc1cnc(-c2nsc(=O)o2)c2ccccc12. The molecule has 2 aromatic heterocycles. The molecule has 3 aromatic rings. The van der Waals surface area contributed by atoms with Gasteiger partial charge in [0, 0.05) is 11.6 Å². The Morgan fingerprint density at radius 2 is 2.00 bits per heavy atom. The first kappa shape index (κ1) is 10.2. The van der Waals surface area contributed by atoms with Crippen molar-refractivity contribution in [2.24, 2.45) is 0 Å². The molecule has 0 saturated heterocycles. The standard InChI is InChI=1S/C12H8N2O2S/c1-7-6-13-10(11-14-17-12(15)16-11)9-5-3-2-4-8(7)9/h2-6H,1H3. The summed E-state index contributed by atoms with van der Waals surface area (Å²) in [5.74, 6) is 0.288. The van der Waals surface area contributed by atoms with Gasteiger partial charge < -0.3 is 4.42 Å². The lowest BCUT2D eigenvalue weighted by atomic mass is 10.1. The Balaban J connectivity index is 2.38. The molecule has 0 unspecified atom stereocenters. The molecular weight excluding hydrogens is 236 g/mol. The quantitative estimate of drug-likeness (QED) is 0.660. The van der Waals surface area contributed by atoms with E-state index >= 15 is 0 Å². The van der Waals surface area contributed by atoms with Crippen LogP contribution in [0.2, 0.25) is 0 Å². The minimum Gasteiger partial charge on any atom is -0.392 e. The molecule has 0 radical (unpaired) electrons. The van der Waals surface area contributed by atoms with Crippen molar-refractivity contribution in [1.82, 2.24) is 9.36 Å². The third-order valence-electron chi connectivity index (χ3n) is 2.58. The van der Waals surface area contributed by atoms with E-state index in [2.05, 4.69) is 9.36 Å². The van der Waals surface area contributed by atoms with Gasteiger partial charge in [-0.1, -0.05) is 24.3 Å². The highest BCUT2D eigenvalue weighted by Gasteiger charge is 2.12. The number of aryl methyl sites for hydroxylation is 1. The number of rotatable bonds is 1. The number of hydrogen-bond acceptors (Lipinski definition) is 5. The van der Waals surface area contributed by atoms with E-state index in [-0.39, 0.29) is 5.89 Å². The van der Waals surface area contributed by atoms with Crippen molar-refractivity contribution in [3.63, 3.8) is 0 Å². The molecule has 0 aliphatic carbocycles. The predicted molar refractivity (Wildman–Crippen MR) is 66.1 cm³/mol. The van der Waals surface area contributed by atoms with Crippen molar-refractivity contribution >= 4 is 22.3 Å². The van der Waals surface area contributed by atoms with E-state index < -0.39 is 4.94 Å². The minimum atomic E-state index is -0.411. The Hall–Kier alpha value is -2.01. The maximum absolute atomic E-state index is 11.0. The average molecular weight is 244 g/mol. The lowest BCUT2D eigenvalue weighted by molar-refractivity contribution is 0.541. The zero-order valence-corrected chi connectivity index (χ0v) is 9.82. The molecule has 17 heavy (non-hydrogen) atoms. The van der Waals surface area contributed by atoms with Crippen molar-refractivity contribution in [1.29, 1.82) is 0 Å². The molecule has 1 aromatic carbocycles. The molecule has 0 spiro atoms. The minimum absolute atomic E-state index is 0.288. The van der Waals surface area contributed by atoms with E-state index in [0.29, 0.717) is 5.69 Å². The van der Waals surface area contributed by atoms with E-state index in [0.717, 1.165) is 27.9 Å². The zero-order chi connectivity index (χ0) is 11.8. The van der Waals surface area contributed by atoms with Crippen LogP contribution in [0.1, 0.15) is 5.56 Å². The fourth-order valence-electron chi connectivity index (χ4n) is 1.79. The van der Waals surface area contributed by atoms with E-state index in [1.807, 2.05) is 31.2 Å². The van der Waals surface area contributed by atoms with Crippen molar-refractivity contribution in [2.75, 3.05) is 0 Å². The van der Waals surface area contributed by atoms with Gasteiger partial charge >= 0.3 is 4.94 Å². The first-order chi connectivity index (χ1) is 8.25. The Morgan fingerprint density at radius 3 is 2.71 bits per heavy atom. The molecule has 2 heterocycles. The fraction of sp³-hybridized carbons (Fsp3) is 0.0833. The van der Waals surface area contributed by atoms with E-state index in [4.69, 9.17) is 4.42 Å². The summed E-state index contributed by atoms with van der Waals surface area (Å²) in [5.41, 5.74) is 1.70. The maximum Gasteiger partial charge on any atom is 0.414 e. The van der Waals surface area contributed by atoms with Crippen LogP contribution in [0.3, 0.4) is 0 Å². The Morgan fingerprint density at radius 1 is 1.24 bits per heavy atom. The zero-order valence-electron chi connectivity index (χ0n) is 9.01. The number of benzene rings is 1. The summed E-state index contributed by atoms with van der Waals surface area (Å²) in [6, 6.07) is 7.86. The van der Waals surface area contributed by atoms with Gasteiger partial charge in [0.15, 0.2) is 0 Å².